The fourth-order valence-electron chi connectivity index (χ4n) is 1.48. The Morgan fingerprint density at radius 2 is 2.00 bits per heavy atom. The lowest BCUT2D eigenvalue weighted by Crippen LogP contribution is -2.34. The summed E-state index contributed by atoms with van der Waals surface area (Å²) in [6, 6.07) is 2.73. The van der Waals surface area contributed by atoms with Gasteiger partial charge in [0.05, 0.1) is 11.3 Å². The molecule has 0 unspecified atom stereocenters. The van der Waals surface area contributed by atoms with Gasteiger partial charge in [-0.15, -0.1) is 0 Å². The summed E-state index contributed by atoms with van der Waals surface area (Å²) in [7, 11) is 0. The molecular weight excluding hydrogens is 259 g/mol. The van der Waals surface area contributed by atoms with Gasteiger partial charge in [-0.05, 0) is 31.5 Å². The summed E-state index contributed by atoms with van der Waals surface area (Å²) in [6.07, 6.45) is -4.55. The quantitative estimate of drug-likeness (QED) is 0.794. The molecule has 0 atom stereocenters. The number of alkyl halides is 3. The molecule has 1 aromatic carbocycles. The van der Waals surface area contributed by atoms with Crippen molar-refractivity contribution in [2.75, 3.05) is 5.32 Å². The maximum Gasteiger partial charge on any atom is 0.418 e. The second kappa shape index (κ2) is 5.92. The topological polar surface area (TPSA) is 67.2 Å². The average Bonchev–Trinajstić information content (AvgIpc) is 2.26. The largest absolute Gasteiger partial charge is 0.418 e. The highest BCUT2D eigenvalue weighted by molar-refractivity contribution is 5.90. The van der Waals surface area contributed by atoms with Crippen molar-refractivity contribution in [1.29, 1.82) is 0 Å². The number of halogens is 3. The molecule has 4 nitrogen and oxygen atoms in total. The molecule has 1 rings (SSSR count). The fourth-order valence-corrected chi connectivity index (χ4v) is 1.48. The molecule has 4 N–H and O–H groups in total. The van der Waals surface area contributed by atoms with E-state index in [4.69, 9.17) is 5.73 Å². The standard InChI is InChI=1S/C12H16F3N3O/c1-7(2)17-11(19)18-10-4-3-8(6-16)5-9(10)12(13,14)15/h3-5,7H,6,16H2,1-2H3,(H2,17,18,19). The van der Waals surface area contributed by atoms with E-state index in [9.17, 15) is 18.0 Å². The zero-order valence-corrected chi connectivity index (χ0v) is 10.6. The highest BCUT2D eigenvalue weighted by Gasteiger charge is 2.34. The third-order valence-electron chi connectivity index (χ3n) is 2.29. The van der Waals surface area contributed by atoms with Crippen LogP contribution in [0.25, 0.3) is 0 Å². The minimum atomic E-state index is -4.55. The summed E-state index contributed by atoms with van der Waals surface area (Å²) in [5.74, 6) is 0. The van der Waals surface area contributed by atoms with Crippen LogP contribution in [0.4, 0.5) is 23.7 Å². The van der Waals surface area contributed by atoms with E-state index in [1.165, 1.54) is 12.1 Å². The van der Waals surface area contributed by atoms with Gasteiger partial charge in [0.1, 0.15) is 0 Å². The molecule has 0 aliphatic heterocycles. The molecule has 2 amide bonds. The Kier molecular flexibility index (Phi) is 4.77. The Labute approximate surface area is 109 Å². The fraction of sp³-hybridized carbons (Fsp3) is 0.417. The summed E-state index contributed by atoms with van der Waals surface area (Å²) in [6.45, 7) is 3.42. The van der Waals surface area contributed by atoms with E-state index in [0.29, 0.717) is 5.56 Å². The Hall–Kier alpha value is -1.76. The molecule has 106 valence electrons. The van der Waals surface area contributed by atoms with Gasteiger partial charge in [-0.3, -0.25) is 0 Å². The lowest BCUT2D eigenvalue weighted by Gasteiger charge is -2.16. The van der Waals surface area contributed by atoms with Gasteiger partial charge >= 0.3 is 12.2 Å². The van der Waals surface area contributed by atoms with Crippen molar-refractivity contribution in [1.82, 2.24) is 5.32 Å². The normalized spacial score (nSPS) is 11.5. The maximum atomic E-state index is 12.9. The molecule has 0 fully saturated rings. The van der Waals surface area contributed by atoms with E-state index < -0.39 is 17.8 Å². The predicted octanol–water partition coefficient (Wildman–Crippen LogP) is 2.69. The van der Waals surface area contributed by atoms with E-state index in [1.807, 2.05) is 0 Å². The van der Waals surface area contributed by atoms with Crippen molar-refractivity contribution in [3.05, 3.63) is 29.3 Å². The van der Waals surface area contributed by atoms with E-state index in [-0.39, 0.29) is 18.3 Å². The van der Waals surface area contributed by atoms with E-state index in [2.05, 4.69) is 10.6 Å². The highest BCUT2D eigenvalue weighted by Crippen LogP contribution is 2.35. The number of carbonyl (C=O) groups excluding carboxylic acids is 1. The Morgan fingerprint density at radius 3 is 2.47 bits per heavy atom. The second-order valence-corrected chi connectivity index (χ2v) is 4.33. The van der Waals surface area contributed by atoms with Gasteiger partial charge in [0.15, 0.2) is 0 Å². The predicted molar refractivity (Wildman–Crippen MR) is 66.6 cm³/mol. The lowest BCUT2D eigenvalue weighted by atomic mass is 10.1. The van der Waals surface area contributed by atoms with Crippen molar-refractivity contribution in [3.8, 4) is 0 Å². The Balaban J connectivity index is 3.03. The number of urea groups is 1. The minimum Gasteiger partial charge on any atom is -0.336 e. The lowest BCUT2D eigenvalue weighted by molar-refractivity contribution is -0.137. The second-order valence-electron chi connectivity index (χ2n) is 4.33. The van der Waals surface area contributed by atoms with Gasteiger partial charge in [-0.25, -0.2) is 4.79 Å². The summed E-state index contributed by atoms with van der Waals surface area (Å²) in [5, 5.41) is 4.65. The van der Waals surface area contributed by atoms with E-state index in [1.54, 1.807) is 13.8 Å². The molecule has 0 radical (unpaired) electrons. The number of nitrogens with one attached hydrogen (secondary N) is 2. The van der Waals surface area contributed by atoms with Crippen LogP contribution in [0.1, 0.15) is 25.0 Å². The molecule has 0 aliphatic carbocycles. The van der Waals surface area contributed by atoms with Crippen LogP contribution in [0.15, 0.2) is 18.2 Å². The number of hydrogen-bond acceptors (Lipinski definition) is 2. The van der Waals surface area contributed by atoms with Gasteiger partial charge < -0.3 is 16.4 Å². The first-order valence-corrected chi connectivity index (χ1v) is 5.71. The van der Waals surface area contributed by atoms with Crippen LogP contribution >= 0.6 is 0 Å². The molecule has 0 saturated carbocycles. The first-order valence-electron chi connectivity index (χ1n) is 5.71. The molecule has 0 aromatic heterocycles. The Bertz CT molecular complexity index is 458. The summed E-state index contributed by atoms with van der Waals surface area (Å²) >= 11 is 0. The molecular formula is C12H16F3N3O. The SMILES string of the molecule is CC(C)NC(=O)Nc1ccc(CN)cc1C(F)(F)F. The smallest absolute Gasteiger partial charge is 0.336 e. The van der Waals surface area contributed by atoms with Crippen LogP contribution in [0.3, 0.4) is 0 Å². The molecule has 0 aliphatic rings. The van der Waals surface area contributed by atoms with Crippen molar-refractivity contribution < 1.29 is 18.0 Å². The van der Waals surface area contributed by atoms with Gasteiger partial charge in [0, 0.05) is 12.6 Å². The number of nitrogens with two attached hydrogens (primary N) is 1. The van der Waals surface area contributed by atoms with Crippen LogP contribution in [0.2, 0.25) is 0 Å². The summed E-state index contributed by atoms with van der Waals surface area (Å²) in [4.78, 5) is 11.4. The average molecular weight is 275 g/mol. The monoisotopic (exact) mass is 275 g/mol. The molecule has 19 heavy (non-hydrogen) atoms. The van der Waals surface area contributed by atoms with Crippen molar-refractivity contribution in [2.45, 2.75) is 32.6 Å². The van der Waals surface area contributed by atoms with Gasteiger partial charge in [-0.2, -0.15) is 13.2 Å². The zero-order chi connectivity index (χ0) is 14.6. The highest BCUT2D eigenvalue weighted by atomic mass is 19.4. The zero-order valence-electron chi connectivity index (χ0n) is 10.6. The van der Waals surface area contributed by atoms with Crippen molar-refractivity contribution >= 4 is 11.7 Å². The summed E-state index contributed by atoms with van der Waals surface area (Å²) < 4.78 is 38.6. The van der Waals surface area contributed by atoms with Crippen LogP contribution in [-0.4, -0.2) is 12.1 Å². The third kappa shape index (κ3) is 4.44. The molecule has 1 aromatic rings. The third-order valence-corrected chi connectivity index (χ3v) is 2.29. The van der Waals surface area contributed by atoms with Crippen molar-refractivity contribution in [2.24, 2.45) is 5.73 Å². The number of carbonyl (C=O) groups is 1. The van der Waals surface area contributed by atoms with Gasteiger partial charge in [-0.1, -0.05) is 6.07 Å². The van der Waals surface area contributed by atoms with E-state index in [0.717, 1.165) is 6.07 Å². The van der Waals surface area contributed by atoms with Gasteiger partial charge in [0.25, 0.3) is 0 Å². The van der Waals surface area contributed by atoms with Crippen LogP contribution in [0.5, 0.6) is 0 Å². The van der Waals surface area contributed by atoms with Crippen LogP contribution < -0.4 is 16.4 Å². The molecule has 0 heterocycles. The summed E-state index contributed by atoms with van der Waals surface area (Å²) in [5.41, 5.74) is 4.46. The van der Waals surface area contributed by atoms with E-state index >= 15 is 0 Å². The Morgan fingerprint density at radius 1 is 1.37 bits per heavy atom. The number of amides is 2. The van der Waals surface area contributed by atoms with Crippen LogP contribution in [0, 0.1) is 0 Å². The number of hydrogen-bond donors (Lipinski definition) is 3. The minimum absolute atomic E-state index is 0.00154. The number of benzene rings is 1. The first-order chi connectivity index (χ1) is 8.74. The molecule has 7 heteroatoms. The molecule has 0 bridgehead atoms. The number of anilines is 1. The number of rotatable bonds is 3. The first kappa shape index (κ1) is 15.3. The van der Waals surface area contributed by atoms with Gasteiger partial charge in [0.2, 0.25) is 0 Å². The maximum absolute atomic E-state index is 12.9. The molecule has 0 saturated heterocycles. The van der Waals surface area contributed by atoms with Crippen molar-refractivity contribution in [3.63, 3.8) is 0 Å². The molecule has 0 spiro atoms. The van der Waals surface area contributed by atoms with Crippen LogP contribution in [-0.2, 0) is 12.7 Å².